The van der Waals surface area contributed by atoms with Crippen LogP contribution in [0.25, 0.3) is 0 Å². The Kier molecular flexibility index (Phi) is 3.27. The molecule has 1 aromatic rings. The smallest absolute Gasteiger partial charge is 0.129 e. The van der Waals surface area contributed by atoms with Crippen molar-refractivity contribution in [2.75, 3.05) is 18.0 Å². The van der Waals surface area contributed by atoms with Crippen molar-refractivity contribution < 1.29 is 0 Å². The minimum absolute atomic E-state index is 0.644. The summed E-state index contributed by atoms with van der Waals surface area (Å²) in [5.74, 6) is 4.49. The zero-order valence-corrected chi connectivity index (χ0v) is 10.1. The highest BCUT2D eigenvalue weighted by molar-refractivity contribution is 9.10. The van der Waals surface area contributed by atoms with Crippen molar-refractivity contribution >= 4 is 21.7 Å². The van der Waals surface area contributed by atoms with Gasteiger partial charge in [-0.15, -0.1) is 6.42 Å². The van der Waals surface area contributed by atoms with Crippen molar-refractivity contribution in [3.63, 3.8) is 0 Å². The van der Waals surface area contributed by atoms with E-state index >= 15 is 0 Å². The molecule has 0 aromatic carbocycles. The van der Waals surface area contributed by atoms with Gasteiger partial charge in [-0.3, -0.25) is 0 Å². The number of hydrogen-bond acceptors (Lipinski definition) is 2. The SMILES string of the molecule is C#CCN(CC1CC1)c1ccc(Br)cn1. The van der Waals surface area contributed by atoms with Crippen LogP contribution in [0, 0.1) is 18.3 Å². The van der Waals surface area contributed by atoms with Crippen LogP contribution in [0.1, 0.15) is 12.8 Å². The van der Waals surface area contributed by atoms with Crippen LogP contribution in [-0.4, -0.2) is 18.1 Å². The summed E-state index contributed by atoms with van der Waals surface area (Å²) in [6.07, 6.45) is 9.84. The maximum Gasteiger partial charge on any atom is 0.129 e. The first-order chi connectivity index (χ1) is 7.29. The summed E-state index contributed by atoms with van der Waals surface area (Å²) in [5.41, 5.74) is 0. The number of aromatic nitrogens is 1. The van der Waals surface area contributed by atoms with E-state index in [0.717, 1.165) is 22.8 Å². The molecule has 3 heteroatoms. The van der Waals surface area contributed by atoms with Gasteiger partial charge in [-0.2, -0.15) is 0 Å². The molecule has 1 fully saturated rings. The highest BCUT2D eigenvalue weighted by atomic mass is 79.9. The minimum Gasteiger partial charge on any atom is -0.345 e. The van der Waals surface area contributed by atoms with E-state index in [2.05, 4.69) is 31.7 Å². The number of pyridine rings is 1. The molecule has 78 valence electrons. The van der Waals surface area contributed by atoms with Gasteiger partial charge in [0.05, 0.1) is 6.54 Å². The molecule has 0 spiro atoms. The molecule has 1 saturated carbocycles. The summed E-state index contributed by atoms with van der Waals surface area (Å²) in [4.78, 5) is 6.53. The van der Waals surface area contributed by atoms with Crippen LogP contribution in [0.3, 0.4) is 0 Å². The van der Waals surface area contributed by atoms with Crippen LogP contribution in [0.4, 0.5) is 5.82 Å². The molecule has 15 heavy (non-hydrogen) atoms. The van der Waals surface area contributed by atoms with E-state index in [-0.39, 0.29) is 0 Å². The molecule has 0 saturated heterocycles. The predicted octanol–water partition coefficient (Wildman–Crippen LogP) is 2.69. The molecule has 0 aliphatic heterocycles. The second-order valence-corrected chi connectivity index (χ2v) is 4.78. The first kappa shape index (κ1) is 10.5. The summed E-state index contributed by atoms with van der Waals surface area (Å²) >= 11 is 3.38. The average Bonchev–Trinajstić information content (AvgIpc) is 3.02. The second-order valence-electron chi connectivity index (χ2n) is 3.86. The quantitative estimate of drug-likeness (QED) is 0.778. The van der Waals surface area contributed by atoms with Gasteiger partial charge >= 0.3 is 0 Å². The third-order valence-electron chi connectivity index (χ3n) is 2.49. The third kappa shape index (κ3) is 2.97. The maximum atomic E-state index is 5.36. The van der Waals surface area contributed by atoms with Crippen molar-refractivity contribution in [3.05, 3.63) is 22.8 Å². The van der Waals surface area contributed by atoms with Crippen molar-refractivity contribution in [1.29, 1.82) is 0 Å². The minimum atomic E-state index is 0.644. The molecule has 2 nitrogen and oxygen atoms in total. The molecule has 1 aliphatic carbocycles. The van der Waals surface area contributed by atoms with E-state index in [0.29, 0.717) is 6.54 Å². The summed E-state index contributed by atoms with van der Waals surface area (Å²) in [5, 5.41) is 0. The molecule has 0 unspecified atom stereocenters. The number of halogens is 1. The lowest BCUT2D eigenvalue weighted by Gasteiger charge is -2.20. The molecule has 0 N–H and O–H groups in total. The van der Waals surface area contributed by atoms with E-state index in [1.54, 1.807) is 0 Å². The van der Waals surface area contributed by atoms with Gasteiger partial charge in [0.15, 0.2) is 0 Å². The molecule has 0 bridgehead atoms. The summed E-state index contributed by atoms with van der Waals surface area (Å²) < 4.78 is 0.998. The fourth-order valence-corrected chi connectivity index (χ4v) is 1.75. The van der Waals surface area contributed by atoms with Gasteiger partial charge in [0.25, 0.3) is 0 Å². The Hall–Kier alpha value is -1.01. The molecule has 2 rings (SSSR count). The van der Waals surface area contributed by atoms with Crippen LogP contribution < -0.4 is 4.90 Å². The fraction of sp³-hybridized carbons (Fsp3) is 0.417. The van der Waals surface area contributed by atoms with Crippen molar-refractivity contribution in [1.82, 2.24) is 4.98 Å². The van der Waals surface area contributed by atoms with Gasteiger partial charge in [0.2, 0.25) is 0 Å². The lowest BCUT2D eigenvalue weighted by Crippen LogP contribution is -2.26. The van der Waals surface area contributed by atoms with E-state index in [4.69, 9.17) is 6.42 Å². The van der Waals surface area contributed by atoms with Gasteiger partial charge in [-0.1, -0.05) is 5.92 Å². The average molecular weight is 265 g/mol. The topological polar surface area (TPSA) is 16.1 Å². The standard InChI is InChI=1S/C12H13BrN2/c1-2-7-15(9-10-3-4-10)12-6-5-11(13)8-14-12/h1,5-6,8,10H,3-4,7,9H2. The first-order valence-electron chi connectivity index (χ1n) is 5.09. The van der Waals surface area contributed by atoms with Gasteiger partial charge in [-0.25, -0.2) is 4.98 Å². The maximum absolute atomic E-state index is 5.36. The highest BCUT2D eigenvalue weighted by Crippen LogP contribution is 2.30. The van der Waals surface area contributed by atoms with E-state index < -0.39 is 0 Å². The molecule has 0 radical (unpaired) electrons. The predicted molar refractivity (Wildman–Crippen MR) is 65.7 cm³/mol. The monoisotopic (exact) mass is 264 g/mol. The molecular formula is C12H13BrN2. The molecule has 0 atom stereocenters. The fourth-order valence-electron chi connectivity index (χ4n) is 1.52. The Balaban J connectivity index is 2.08. The summed E-state index contributed by atoms with van der Waals surface area (Å²) in [6.45, 7) is 1.68. The first-order valence-corrected chi connectivity index (χ1v) is 5.89. The van der Waals surface area contributed by atoms with Crippen LogP contribution in [0.5, 0.6) is 0 Å². The normalized spacial score (nSPS) is 14.7. The molecule has 0 amide bonds. The Labute approximate surface area is 98.8 Å². The third-order valence-corrected chi connectivity index (χ3v) is 2.96. The number of nitrogens with zero attached hydrogens (tertiary/aromatic N) is 2. The summed E-state index contributed by atoms with van der Waals surface area (Å²) in [6, 6.07) is 4.00. The number of hydrogen-bond donors (Lipinski definition) is 0. The van der Waals surface area contributed by atoms with E-state index in [9.17, 15) is 0 Å². The molecule has 1 aromatic heterocycles. The van der Waals surface area contributed by atoms with Crippen molar-refractivity contribution in [3.8, 4) is 12.3 Å². The molecular weight excluding hydrogens is 252 g/mol. The Morgan fingerprint density at radius 1 is 1.53 bits per heavy atom. The number of terminal acetylenes is 1. The van der Waals surface area contributed by atoms with Gasteiger partial charge in [0, 0.05) is 17.2 Å². The van der Waals surface area contributed by atoms with E-state index in [1.165, 1.54) is 12.8 Å². The van der Waals surface area contributed by atoms with Gasteiger partial charge in [-0.05, 0) is 46.8 Å². The number of rotatable bonds is 4. The van der Waals surface area contributed by atoms with Crippen molar-refractivity contribution in [2.45, 2.75) is 12.8 Å². The van der Waals surface area contributed by atoms with Gasteiger partial charge in [0.1, 0.15) is 5.82 Å². The van der Waals surface area contributed by atoms with Crippen LogP contribution in [0.15, 0.2) is 22.8 Å². The largest absolute Gasteiger partial charge is 0.345 e. The zero-order valence-electron chi connectivity index (χ0n) is 8.49. The lowest BCUT2D eigenvalue weighted by atomic mass is 10.3. The summed E-state index contributed by atoms with van der Waals surface area (Å²) in [7, 11) is 0. The lowest BCUT2D eigenvalue weighted by molar-refractivity contribution is 0.755. The number of anilines is 1. The Morgan fingerprint density at radius 3 is 2.87 bits per heavy atom. The van der Waals surface area contributed by atoms with Crippen molar-refractivity contribution in [2.24, 2.45) is 5.92 Å². The Morgan fingerprint density at radius 2 is 2.33 bits per heavy atom. The van der Waals surface area contributed by atoms with E-state index in [1.807, 2.05) is 18.3 Å². The van der Waals surface area contributed by atoms with Crippen LogP contribution >= 0.6 is 15.9 Å². The highest BCUT2D eigenvalue weighted by Gasteiger charge is 2.24. The zero-order chi connectivity index (χ0) is 10.7. The van der Waals surface area contributed by atoms with Gasteiger partial charge < -0.3 is 4.90 Å². The Bertz CT molecular complexity index is 362. The second kappa shape index (κ2) is 4.67. The molecule has 1 aliphatic rings. The molecule has 1 heterocycles. The van der Waals surface area contributed by atoms with Crippen LogP contribution in [0.2, 0.25) is 0 Å². The van der Waals surface area contributed by atoms with Crippen LogP contribution in [-0.2, 0) is 0 Å².